The molecule has 0 amide bonds. The third-order valence-electron chi connectivity index (χ3n) is 5.49. The van der Waals surface area contributed by atoms with Gasteiger partial charge < -0.3 is 0 Å². The molecule has 1 unspecified atom stereocenters. The van der Waals surface area contributed by atoms with E-state index in [4.69, 9.17) is 0 Å². The highest BCUT2D eigenvalue weighted by atomic mass is 16.1. The van der Waals surface area contributed by atoms with Crippen molar-refractivity contribution in [3.05, 3.63) is 101 Å². The summed E-state index contributed by atoms with van der Waals surface area (Å²) in [6.07, 6.45) is 2.09. The van der Waals surface area contributed by atoms with Crippen LogP contribution in [0.5, 0.6) is 0 Å². The van der Waals surface area contributed by atoms with Crippen molar-refractivity contribution in [1.82, 2.24) is 4.57 Å². The van der Waals surface area contributed by atoms with Gasteiger partial charge in [0.1, 0.15) is 6.54 Å². The molecule has 3 nitrogen and oxygen atoms in total. The number of aryl methyl sites for hydroxylation is 2. The second kappa shape index (κ2) is 7.43. The lowest BCUT2D eigenvalue weighted by Crippen LogP contribution is -2.33. The lowest BCUT2D eigenvalue weighted by Gasteiger charge is -2.08. The lowest BCUT2D eigenvalue weighted by atomic mass is 10.0. The quantitative estimate of drug-likeness (QED) is 0.357. The molecule has 140 valence electrons. The number of fused-ring (bicyclic) bond motifs is 1. The van der Waals surface area contributed by atoms with E-state index in [1.54, 1.807) is 0 Å². The molecule has 3 heteroatoms. The summed E-state index contributed by atoms with van der Waals surface area (Å²) < 4.78 is 4.35. The third kappa shape index (κ3) is 3.36. The van der Waals surface area contributed by atoms with Gasteiger partial charge in [-0.15, -0.1) is 0 Å². The van der Waals surface area contributed by atoms with Gasteiger partial charge in [0, 0.05) is 5.56 Å². The van der Waals surface area contributed by atoms with E-state index in [0.29, 0.717) is 0 Å². The predicted octanol–water partition coefficient (Wildman–Crippen LogP) is 5.04. The number of nitrogens with zero attached hydrogens (tertiary/aromatic N) is 2. The zero-order chi connectivity index (χ0) is 19.7. The molecule has 1 heterocycles. The van der Waals surface area contributed by atoms with Crippen LogP contribution < -0.4 is 4.57 Å². The minimum Gasteiger partial charge on any atom is -0.289 e. The zero-order valence-electron chi connectivity index (χ0n) is 16.6. The van der Waals surface area contributed by atoms with Crippen LogP contribution in [0, 0.1) is 13.8 Å². The van der Waals surface area contributed by atoms with Crippen LogP contribution in [-0.2, 0) is 6.54 Å². The van der Waals surface area contributed by atoms with Crippen LogP contribution in [-0.4, -0.2) is 10.4 Å². The molecular weight excluding hydrogens is 344 g/mol. The van der Waals surface area contributed by atoms with Crippen molar-refractivity contribution in [3.8, 4) is 0 Å². The Morgan fingerprint density at radius 2 is 1.54 bits per heavy atom. The Labute approximate surface area is 165 Å². The molecule has 1 aromatic heterocycles. The molecule has 0 fully saturated rings. The van der Waals surface area contributed by atoms with Crippen molar-refractivity contribution in [2.75, 3.05) is 0 Å². The SMILES string of the molecule is Cc1cc2c(cc1C)[n+](Cc1ccccc1)cn2C(C)C(=O)c1ccccc1. The number of rotatable bonds is 5. The molecule has 0 aliphatic heterocycles. The summed E-state index contributed by atoms with van der Waals surface area (Å²) in [5.41, 5.74) is 6.73. The molecule has 4 aromatic rings. The summed E-state index contributed by atoms with van der Waals surface area (Å²) >= 11 is 0. The Kier molecular flexibility index (Phi) is 4.82. The number of Topliss-reactive ketones (excluding diaryl/α,β-unsaturated/α-hetero) is 1. The first-order valence-corrected chi connectivity index (χ1v) is 9.69. The fraction of sp³-hybridized carbons (Fsp3) is 0.200. The van der Waals surface area contributed by atoms with Crippen molar-refractivity contribution in [2.45, 2.75) is 33.4 Å². The molecule has 0 aliphatic carbocycles. The van der Waals surface area contributed by atoms with E-state index in [-0.39, 0.29) is 11.8 Å². The van der Waals surface area contributed by atoms with Crippen LogP contribution >= 0.6 is 0 Å². The second-order valence-corrected chi connectivity index (χ2v) is 7.47. The standard InChI is InChI=1S/C25H25N2O/c1-18-14-23-24(15-19(18)2)27(17-26(23)16-21-10-6-4-7-11-21)20(3)25(28)22-12-8-5-9-13-22/h4-15,17,20H,16H2,1-3H3/q+1. The molecule has 0 spiro atoms. The third-order valence-corrected chi connectivity index (χ3v) is 5.49. The van der Waals surface area contributed by atoms with E-state index in [1.165, 1.54) is 16.7 Å². The van der Waals surface area contributed by atoms with Gasteiger partial charge in [0.05, 0.1) is 0 Å². The van der Waals surface area contributed by atoms with Gasteiger partial charge in [0.25, 0.3) is 0 Å². The lowest BCUT2D eigenvalue weighted by molar-refractivity contribution is -0.663. The van der Waals surface area contributed by atoms with Gasteiger partial charge in [-0.25, -0.2) is 9.13 Å². The summed E-state index contributed by atoms with van der Waals surface area (Å²) in [4.78, 5) is 13.1. The van der Waals surface area contributed by atoms with Crippen molar-refractivity contribution < 1.29 is 9.36 Å². The fourth-order valence-electron chi connectivity index (χ4n) is 3.68. The number of hydrogen-bond acceptors (Lipinski definition) is 1. The zero-order valence-corrected chi connectivity index (χ0v) is 16.6. The number of carbonyl (C=O) groups is 1. The van der Waals surface area contributed by atoms with Crippen molar-refractivity contribution in [3.63, 3.8) is 0 Å². The summed E-state index contributed by atoms with van der Waals surface area (Å²) in [7, 11) is 0. The molecule has 0 bridgehead atoms. The Morgan fingerprint density at radius 1 is 0.929 bits per heavy atom. The van der Waals surface area contributed by atoms with Crippen LogP contribution in [0.15, 0.2) is 79.1 Å². The largest absolute Gasteiger partial charge is 0.289 e. The first-order valence-electron chi connectivity index (χ1n) is 9.69. The van der Waals surface area contributed by atoms with Gasteiger partial charge >= 0.3 is 0 Å². The molecule has 3 aromatic carbocycles. The first-order chi connectivity index (χ1) is 13.5. The predicted molar refractivity (Wildman–Crippen MR) is 113 cm³/mol. The molecule has 1 atom stereocenters. The molecular formula is C25H25N2O+. The minimum atomic E-state index is -0.274. The van der Waals surface area contributed by atoms with E-state index in [0.717, 1.165) is 23.1 Å². The maximum Gasteiger partial charge on any atom is 0.245 e. The molecule has 0 aliphatic rings. The maximum atomic E-state index is 13.1. The highest BCUT2D eigenvalue weighted by Gasteiger charge is 2.26. The number of benzene rings is 3. The highest BCUT2D eigenvalue weighted by Crippen LogP contribution is 2.23. The molecule has 0 saturated heterocycles. The normalized spacial score (nSPS) is 12.2. The number of carbonyl (C=O) groups excluding carboxylic acids is 1. The first kappa shape index (κ1) is 18.2. The molecule has 4 rings (SSSR count). The molecule has 0 radical (unpaired) electrons. The summed E-state index contributed by atoms with van der Waals surface area (Å²) in [6.45, 7) is 7.02. The van der Waals surface area contributed by atoms with E-state index in [9.17, 15) is 4.79 Å². The van der Waals surface area contributed by atoms with Gasteiger partial charge in [0.2, 0.25) is 12.1 Å². The van der Waals surface area contributed by atoms with Crippen LogP contribution in [0.1, 0.15) is 40.0 Å². The monoisotopic (exact) mass is 369 g/mol. The van der Waals surface area contributed by atoms with Crippen LogP contribution in [0.4, 0.5) is 0 Å². The van der Waals surface area contributed by atoms with E-state index >= 15 is 0 Å². The van der Waals surface area contributed by atoms with Gasteiger partial charge in [-0.2, -0.15) is 0 Å². The van der Waals surface area contributed by atoms with Crippen molar-refractivity contribution in [1.29, 1.82) is 0 Å². The Hall–Kier alpha value is -3.20. The average molecular weight is 369 g/mol. The summed E-state index contributed by atoms with van der Waals surface area (Å²) in [6, 6.07) is 24.1. The average Bonchev–Trinajstić information content (AvgIpc) is 3.06. The number of ketones is 1. The van der Waals surface area contributed by atoms with Gasteiger partial charge in [-0.1, -0.05) is 60.7 Å². The van der Waals surface area contributed by atoms with Gasteiger partial charge in [-0.3, -0.25) is 4.79 Å². The number of hydrogen-bond donors (Lipinski definition) is 0. The smallest absolute Gasteiger partial charge is 0.245 e. The number of aromatic nitrogens is 2. The van der Waals surface area contributed by atoms with Gasteiger partial charge in [-0.05, 0) is 49.6 Å². The number of imidazole rings is 1. The van der Waals surface area contributed by atoms with E-state index in [1.807, 2.05) is 43.3 Å². The summed E-state index contributed by atoms with van der Waals surface area (Å²) in [5, 5.41) is 0. The van der Waals surface area contributed by atoms with Gasteiger partial charge in [0.15, 0.2) is 17.1 Å². The highest BCUT2D eigenvalue weighted by molar-refractivity contribution is 5.99. The van der Waals surface area contributed by atoms with E-state index < -0.39 is 0 Å². The molecule has 28 heavy (non-hydrogen) atoms. The summed E-state index contributed by atoms with van der Waals surface area (Å²) in [5.74, 6) is 0.127. The molecule has 0 N–H and O–H groups in total. The van der Waals surface area contributed by atoms with Crippen LogP contribution in [0.3, 0.4) is 0 Å². The van der Waals surface area contributed by atoms with Crippen molar-refractivity contribution in [2.24, 2.45) is 0 Å². The topological polar surface area (TPSA) is 25.9 Å². The Morgan fingerprint density at radius 3 is 2.21 bits per heavy atom. The van der Waals surface area contributed by atoms with Crippen LogP contribution in [0.25, 0.3) is 11.0 Å². The maximum absolute atomic E-state index is 13.1. The van der Waals surface area contributed by atoms with Crippen molar-refractivity contribution >= 4 is 16.8 Å². The second-order valence-electron chi connectivity index (χ2n) is 7.47. The van der Waals surface area contributed by atoms with Crippen LogP contribution in [0.2, 0.25) is 0 Å². The van der Waals surface area contributed by atoms with E-state index in [2.05, 4.69) is 65.7 Å². The Balaban J connectivity index is 1.81. The minimum absolute atomic E-state index is 0.127. The molecule has 0 saturated carbocycles. The fourth-order valence-corrected chi connectivity index (χ4v) is 3.68. The Bertz CT molecular complexity index is 1130.